The maximum absolute atomic E-state index is 13.0. The Balaban J connectivity index is 2.39. The molecular formula is C13H13BrF3NO2. The summed E-state index contributed by atoms with van der Waals surface area (Å²) in [6.07, 6.45) is -4.74. The number of nitrogens with zero attached hydrogens (tertiary/aromatic N) is 1. The van der Waals surface area contributed by atoms with Gasteiger partial charge in [0.25, 0.3) is 5.91 Å². The Hall–Kier alpha value is -1.08. The molecule has 0 bridgehead atoms. The number of ether oxygens (including phenoxy) is 1. The highest BCUT2D eigenvalue weighted by atomic mass is 79.9. The smallest absolute Gasteiger partial charge is 0.375 e. The largest absolute Gasteiger partial charge is 0.417 e. The van der Waals surface area contributed by atoms with Crippen LogP contribution in [-0.4, -0.2) is 36.6 Å². The van der Waals surface area contributed by atoms with Gasteiger partial charge in [-0.15, -0.1) is 0 Å². The molecule has 110 valence electrons. The molecule has 0 saturated carbocycles. The summed E-state index contributed by atoms with van der Waals surface area (Å²) in [5.41, 5.74) is -1.26. The van der Waals surface area contributed by atoms with Gasteiger partial charge in [-0.05, 0) is 35.0 Å². The fourth-order valence-electron chi connectivity index (χ4n) is 2.14. The molecule has 0 aromatic heterocycles. The topological polar surface area (TPSA) is 29.5 Å². The number of morpholine rings is 1. The normalized spacial score (nSPS) is 20.1. The number of carbonyl (C=O) groups is 1. The minimum Gasteiger partial charge on any atom is -0.375 e. The molecule has 1 amide bonds. The first-order chi connectivity index (χ1) is 9.30. The van der Waals surface area contributed by atoms with E-state index in [1.54, 1.807) is 6.92 Å². The molecule has 1 atom stereocenters. The van der Waals surface area contributed by atoms with Gasteiger partial charge >= 0.3 is 6.18 Å². The summed E-state index contributed by atoms with van der Waals surface area (Å²) in [7, 11) is 0. The standard InChI is InChI=1S/C13H13BrF3NO2/c1-8-7-18(5-6-20-8)12(19)11-9(13(15,16)17)3-2-4-10(11)14/h2-4,8H,5-7H2,1H3/t8-/m0/s1. The molecule has 0 aliphatic carbocycles. The van der Waals surface area contributed by atoms with E-state index >= 15 is 0 Å². The van der Waals surface area contributed by atoms with Crippen molar-refractivity contribution in [2.45, 2.75) is 19.2 Å². The fraction of sp³-hybridized carbons (Fsp3) is 0.462. The summed E-state index contributed by atoms with van der Waals surface area (Å²) < 4.78 is 44.5. The van der Waals surface area contributed by atoms with Gasteiger partial charge in [0.1, 0.15) is 0 Å². The van der Waals surface area contributed by atoms with E-state index in [1.165, 1.54) is 17.0 Å². The van der Waals surface area contributed by atoms with Gasteiger partial charge in [0, 0.05) is 17.6 Å². The summed E-state index contributed by atoms with van der Waals surface area (Å²) in [5.74, 6) is -0.625. The Morgan fingerprint density at radius 3 is 2.75 bits per heavy atom. The van der Waals surface area contributed by atoms with Crippen LogP contribution in [-0.2, 0) is 10.9 Å². The Bertz CT molecular complexity index is 519. The van der Waals surface area contributed by atoms with Crippen LogP contribution in [0.5, 0.6) is 0 Å². The minimum absolute atomic E-state index is 0.150. The number of halogens is 4. The Kier molecular flexibility index (Phi) is 4.39. The van der Waals surface area contributed by atoms with Crippen molar-refractivity contribution >= 4 is 21.8 Å². The zero-order valence-electron chi connectivity index (χ0n) is 10.7. The monoisotopic (exact) mass is 351 g/mol. The Morgan fingerprint density at radius 2 is 2.15 bits per heavy atom. The van der Waals surface area contributed by atoms with E-state index < -0.39 is 17.6 Å². The molecule has 1 aromatic rings. The van der Waals surface area contributed by atoms with Gasteiger partial charge in [0.15, 0.2) is 0 Å². The van der Waals surface area contributed by atoms with Crippen LogP contribution in [0.1, 0.15) is 22.8 Å². The van der Waals surface area contributed by atoms with Crippen molar-refractivity contribution in [2.75, 3.05) is 19.7 Å². The average molecular weight is 352 g/mol. The van der Waals surface area contributed by atoms with Gasteiger partial charge in [-0.3, -0.25) is 4.79 Å². The van der Waals surface area contributed by atoms with Gasteiger partial charge in [0.2, 0.25) is 0 Å². The quantitative estimate of drug-likeness (QED) is 0.776. The molecule has 1 fully saturated rings. The molecule has 7 heteroatoms. The molecule has 0 radical (unpaired) electrons. The molecular weight excluding hydrogens is 339 g/mol. The number of benzene rings is 1. The first-order valence-electron chi connectivity index (χ1n) is 6.07. The highest BCUT2D eigenvalue weighted by molar-refractivity contribution is 9.10. The van der Waals surface area contributed by atoms with Crippen molar-refractivity contribution < 1.29 is 22.7 Å². The van der Waals surface area contributed by atoms with E-state index in [4.69, 9.17) is 4.74 Å². The summed E-state index contributed by atoms with van der Waals surface area (Å²) in [4.78, 5) is 13.8. The molecule has 1 aliphatic heterocycles. The van der Waals surface area contributed by atoms with Crippen molar-refractivity contribution in [1.82, 2.24) is 4.90 Å². The molecule has 0 unspecified atom stereocenters. The van der Waals surface area contributed by atoms with Gasteiger partial charge in [-0.2, -0.15) is 13.2 Å². The molecule has 1 heterocycles. The SMILES string of the molecule is C[C@H]1CN(C(=O)c2c(Br)cccc2C(F)(F)F)CCO1. The van der Waals surface area contributed by atoms with Crippen molar-refractivity contribution in [3.8, 4) is 0 Å². The number of hydrogen-bond donors (Lipinski definition) is 0. The Morgan fingerprint density at radius 1 is 1.45 bits per heavy atom. The molecule has 1 saturated heterocycles. The van der Waals surface area contributed by atoms with Crippen LogP contribution in [0.3, 0.4) is 0 Å². The third-order valence-corrected chi connectivity index (χ3v) is 3.72. The molecule has 2 rings (SSSR count). The van der Waals surface area contributed by atoms with Gasteiger partial charge < -0.3 is 9.64 Å². The number of alkyl halides is 3. The van der Waals surface area contributed by atoms with Crippen LogP contribution in [0.15, 0.2) is 22.7 Å². The molecule has 3 nitrogen and oxygen atoms in total. The predicted octanol–water partition coefficient (Wildman–Crippen LogP) is 3.33. The van der Waals surface area contributed by atoms with E-state index in [2.05, 4.69) is 15.9 Å². The summed E-state index contributed by atoms with van der Waals surface area (Å²) in [6.45, 7) is 2.70. The molecule has 1 aliphatic rings. The molecule has 0 spiro atoms. The molecule has 0 N–H and O–H groups in total. The fourth-order valence-corrected chi connectivity index (χ4v) is 2.67. The van der Waals surface area contributed by atoms with Crippen molar-refractivity contribution in [2.24, 2.45) is 0 Å². The summed E-state index contributed by atoms with van der Waals surface area (Å²) >= 11 is 3.04. The maximum Gasteiger partial charge on any atom is 0.417 e. The van der Waals surface area contributed by atoms with Gasteiger partial charge in [-0.25, -0.2) is 0 Å². The van der Waals surface area contributed by atoms with Crippen molar-refractivity contribution in [3.63, 3.8) is 0 Å². The number of carbonyl (C=O) groups excluding carboxylic acids is 1. The van der Waals surface area contributed by atoms with Crippen LogP contribution >= 0.6 is 15.9 Å². The average Bonchev–Trinajstić information content (AvgIpc) is 2.36. The van der Waals surface area contributed by atoms with Gasteiger partial charge in [0.05, 0.1) is 23.8 Å². The van der Waals surface area contributed by atoms with Crippen molar-refractivity contribution in [1.29, 1.82) is 0 Å². The zero-order chi connectivity index (χ0) is 14.9. The lowest BCUT2D eigenvalue weighted by Crippen LogP contribution is -2.45. The minimum atomic E-state index is -4.56. The second-order valence-electron chi connectivity index (χ2n) is 4.59. The maximum atomic E-state index is 13.0. The third kappa shape index (κ3) is 3.15. The van der Waals surface area contributed by atoms with Crippen LogP contribution < -0.4 is 0 Å². The zero-order valence-corrected chi connectivity index (χ0v) is 12.3. The lowest BCUT2D eigenvalue weighted by atomic mass is 10.1. The van der Waals surface area contributed by atoms with Crippen molar-refractivity contribution in [3.05, 3.63) is 33.8 Å². The van der Waals surface area contributed by atoms with Crippen LogP contribution in [0, 0.1) is 0 Å². The van der Waals surface area contributed by atoms with Crippen LogP contribution in [0.2, 0.25) is 0 Å². The van der Waals surface area contributed by atoms with E-state index in [-0.39, 0.29) is 22.7 Å². The van der Waals surface area contributed by atoms with E-state index in [0.717, 1.165) is 6.07 Å². The summed E-state index contributed by atoms with van der Waals surface area (Å²) in [6, 6.07) is 3.62. The lowest BCUT2D eigenvalue weighted by molar-refractivity contribution is -0.138. The van der Waals surface area contributed by atoms with Crippen LogP contribution in [0.4, 0.5) is 13.2 Å². The summed E-state index contributed by atoms with van der Waals surface area (Å²) in [5, 5.41) is 0. The number of rotatable bonds is 1. The highest BCUT2D eigenvalue weighted by Crippen LogP contribution is 2.35. The highest BCUT2D eigenvalue weighted by Gasteiger charge is 2.37. The third-order valence-electron chi connectivity index (χ3n) is 3.06. The molecule has 20 heavy (non-hydrogen) atoms. The van der Waals surface area contributed by atoms with Crippen LogP contribution in [0.25, 0.3) is 0 Å². The second kappa shape index (κ2) is 5.73. The number of amides is 1. The van der Waals surface area contributed by atoms with E-state index in [0.29, 0.717) is 13.2 Å². The first kappa shape index (κ1) is 15.3. The first-order valence-corrected chi connectivity index (χ1v) is 6.86. The predicted molar refractivity (Wildman–Crippen MR) is 70.5 cm³/mol. The molecule has 1 aromatic carbocycles. The van der Waals surface area contributed by atoms with E-state index in [1.807, 2.05) is 0 Å². The second-order valence-corrected chi connectivity index (χ2v) is 5.45. The van der Waals surface area contributed by atoms with E-state index in [9.17, 15) is 18.0 Å². The lowest BCUT2D eigenvalue weighted by Gasteiger charge is -2.32. The van der Waals surface area contributed by atoms with Gasteiger partial charge in [-0.1, -0.05) is 6.07 Å². The Labute approximate surface area is 122 Å². The number of hydrogen-bond acceptors (Lipinski definition) is 2.